The van der Waals surface area contributed by atoms with Crippen molar-refractivity contribution in [3.05, 3.63) is 59.2 Å². The van der Waals surface area contributed by atoms with Crippen LogP contribution in [0.15, 0.2) is 36.4 Å². The van der Waals surface area contributed by atoms with E-state index in [4.69, 9.17) is 10.8 Å². The van der Waals surface area contributed by atoms with Crippen LogP contribution in [-0.2, 0) is 0 Å². The minimum atomic E-state index is -1.46. The second-order valence-corrected chi connectivity index (χ2v) is 4.16. The molecule has 0 aliphatic carbocycles. The van der Waals surface area contributed by atoms with Crippen molar-refractivity contribution in [1.82, 2.24) is 0 Å². The molecule has 0 fully saturated rings. The molecule has 0 aromatic heterocycles. The highest BCUT2D eigenvalue weighted by atomic mass is 19.2. The highest BCUT2D eigenvalue weighted by Crippen LogP contribution is 2.25. The van der Waals surface area contributed by atoms with Crippen LogP contribution in [0.2, 0.25) is 0 Å². The summed E-state index contributed by atoms with van der Waals surface area (Å²) in [5.74, 6) is -5.16. The number of nitrogens with two attached hydrogens (primary N) is 1. The maximum atomic E-state index is 13.5. The Bertz CT molecular complexity index is 732. The van der Waals surface area contributed by atoms with Crippen LogP contribution in [0.3, 0.4) is 0 Å². The molecule has 0 aliphatic rings. The molecule has 21 heavy (non-hydrogen) atoms. The molecule has 2 rings (SSSR count). The van der Waals surface area contributed by atoms with Crippen LogP contribution >= 0.6 is 0 Å². The number of aromatic hydroxyl groups is 1. The Balaban J connectivity index is 2.28. The predicted octanol–water partition coefficient (Wildman–Crippen LogP) is 2.02. The van der Waals surface area contributed by atoms with Gasteiger partial charge in [0.15, 0.2) is 11.6 Å². The maximum Gasteiger partial charge on any atom is 0.255 e. The first kappa shape index (κ1) is 14.4. The number of nitrogens with one attached hydrogen (secondary N) is 1. The van der Waals surface area contributed by atoms with Gasteiger partial charge in [-0.25, -0.2) is 4.39 Å². The highest BCUT2D eigenvalue weighted by molar-refractivity contribution is 6.06. The Morgan fingerprint density at radius 1 is 1.05 bits per heavy atom. The van der Waals surface area contributed by atoms with Crippen molar-refractivity contribution in [1.29, 1.82) is 0 Å². The van der Waals surface area contributed by atoms with E-state index < -0.39 is 34.9 Å². The monoisotopic (exact) mass is 292 g/mol. The van der Waals surface area contributed by atoms with E-state index in [0.717, 1.165) is 12.1 Å². The quantitative estimate of drug-likeness (QED) is 0.756. The van der Waals surface area contributed by atoms with Crippen LogP contribution in [0.1, 0.15) is 20.7 Å². The van der Waals surface area contributed by atoms with E-state index in [-0.39, 0.29) is 11.1 Å². The van der Waals surface area contributed by atoms with E-state index in [0.29, 0.717) is 0 Å². The molecule has 0 saturated carbocycles. The van der Waals surface area contributed by atoms with Crippen molar-refractivity contribution >= 4 is 17.5 Å². The number of benzene rings is 2. The third kappa shape index (κ3) is 2.97. The lowest BCUT2D eigenvalue weighted by atomic mass is 10.1. The van der Waals surface area contributed by atoms with Gasteiger partial charge in [-0.2, -0.15) is 4.39 Å². The predicted molar refractivity (Wildman–Crippen MR) is 70.9 cm³/mol. The van der Waals surface area contributed by atoms with E-state index >= 15 is 0 Å². The molecule has 0 atom stereocenters. The van der Waals surface area contributed by atoms with Gasteiger partial charge >= 0.3 is 0 Å². The van der Waals surface area contributed by atoms with Gasteiger partial charge in [-0.3, -0.25) is 9.59 Å². The van der Waals surface area contributed by atoms with Gasteiger partial charge in [0.25, 0.3) is 5.91 Å². The summed E-state index contributed by atoms with van der Waals surface area (Å²) in [6.45, 7) is 0. The molecule has 7 heteroatoms. The molecule has 0 unspecified atom stereocenters. The van der Waals surface area contributed by atoms with Crippen molar-refractivity contribution in [3.63, 3.8) is 0 Å². The summed E-state index contributed by atoms with van der Waals surface area (Å²) < 4.78 is 26.7. The topological polar surface area (TPSA) is 92.4 Å². The largest absolute Gasteiger partial charge is 0.505 e. The van der Waals surface area contributed by atoms with Gasteiger partial charge in [-0.05, 0) is 30.3 Å². The molecule has 2 aromatic carbocycles. The van der Waals surface area contributed by atoms with Gasteiger partial charge in [-0.15, -0.1) is 0 Å². The Morgan fingerprint density at radius 2 is 1.71 bits per heavy atom. The van der Waals surface area contributed by atoms with Gasteiger partial charge in [0.2, 0.25) is 11.7 Å². The molecule has 0 radical (unpaired) electrons. The minimum Gasteiger partial charge on any atom is -0.505 e. The van der Waals surface area contributed by atoms with E-state index in [1.54, 1.807) is 0 Å². The molecule has 0 spiro atoms. The molecule has 108 valence electrons. The first-order valence-electron chi connectivity index (χ1n) is 5.78. The Hall–Kier alpha value is -2.96. The minimum absolute atomic E-state index is 0.0548. The smallest absolute Gasteiger partial charge is 0.255 e. The molecule has 0 bridgehead atoms. The molecule has 0 saturated heterocycles. The molecular formula is C14H10F2N2O3. The number of anilines is 1. The maximum absolute atomic E-state index is 13.5. The summed E-state index contributed by atoms with van der Waals surface area (Å²) in [6, 6.07) is 7.39. The van der Waals surface area contributed by atoms with Crippen molar-refractivity contribution in [2.45, 2.75) is 0 Å². The van der Waals surface area contributed by atoms with E-state index in [9.17, 15) is 18.4 Å². The first-order chi connectivity index (χ1) is 9.90. The summed E-state index contributed by atoms with van der Waals surface area (Å²) in [5, 5.41) is 11.1. The SMILES string of the molecule is NC(=O)c1cccc(C(=O)Nc2ccc(O)c(F)c2F)c1. The molecule has 0 heterocycles. The number of hydrogen-bond acceptors (Lipinski definition) is 3. The molecule has 2 aromatic rings. The molecule has 2 amide bonds. The fourth-order valence-corrected chi connectivity index (χ4v) is 1.64. The number of amides is 2. The van der Waals surface area contributed by atoms with E-state index in [1.807, 2.05) is 0 Å². The third-order valence-corrected chi connectivity index (χ3v) is 2.72. The standard InChI is InChI=1S/C14H10F2N2O3/c15-11-9(4-5-10(19)12(11)16)18-14(21)8-3-1-2-7(6-8)13(17)20/h1-6,19H,(H2,17,20)(H,18,21). The van der Waals surface area contributed by atoms with Crippen molar-refractivity contribution in [3.8, 4) is 5.75 Å². The van der Waals surface area contributed by atoms with Crippen LogP contribution in [0, 0.1) is 11.6 Å². The van der Waals surface area contributed by atoms with Crippen LogP contribution < -0.4 is 11.1 Å². The summed E-state index contributed by atoms with van der Waals surface area (Å²) in [6.07, 6.45) is 0. The number of carbonyl (C=O) groups excluding carboxylic acids is 2. The van der Waals surface area contributed by atoms with Gasteiger partial charge in [-0.1, -0.05) is 6.07 Å². The van der Waals surface area contributed by atoms with E-state index in [2.05, 4.69) is 5.32 Å². The normalized spacial score (nSPS) is 10.2. The van der Waals surface area contributed by atoms with Gasteiger partial charge in [0.1, 0.15) is 0 Å². The van der Waals surface area contributed by atoms with Gasteiger partial charge in [0, 0.05) is 11.1 Å². The molecule has 5 nitrogen and oxygen atoms in total. The Labute approximate surface area is 118 Å². The van der Waals surface area contributed by atoms with E-state index in [1.165, 1.54) is 24.3 Å². The Morgan fingerprint density at radius 3 is 2.38 bits per heavy atom. The summed E-state index contributed by atoms with van der Waals surface area (Å²) in [4.78, 5) is 22.9. The van der Waals surface area contributed by atoms with Crippen molar-refractivity contribution in [2.24, 2.45) is 5.73 Å². The van der Waals surface area contributed by atoms with Gasteiger partial charge in [0.05, 0.1) is 5.69 Å². The molecular weight excluding hydrogens is 282 g/mol. The Kier molecular flexibility index (Phi) is 3.84. The number of phenols is 1. The summed E-state index contributed by atoms with van der Waals surface area (Å²) >= 11 is 0. The van der Waals surface area contributed by atoms with Gasteiger partial charge < -0.3 is 16.2 Å². The zero-order valence-electron chi connectivity index (χ0n) is 10.6. The molecule has 0 aliphatic heterocycles. The average molecular weight is 292 g/mol. The number of phenolic OH excluding ortho intramolecular Hbond substituents is 1. The number of primary amides is 1. The lowest BCUT2D eigenvalue weighted by molar-refractivity contribution is 0.1000. The second-order valence-electron chi connectivity index (χ2n) is 4.16. The van der Waals surface area contributed by atoms with Crippen LogP contribution in [0.5, 0.6) is 5.75 Å². The lowest BCUT2D eigenvalue weighted by Gasteiger charge is -2.08. The number of halogens is 2. The van der Waals surface area contributed by atoms with Crippen molar-refractivity contribution in [2.75, 3.05) is 5.32 Å². The number of rotatable bonds is 3. The van der Waals surface area contributed by atoms with Crippen LogP contribution in [0.4, 0.5) is 14.5 Å². The zero-order valence-corrected chi connectivity index (χ0v) is 10.6. The fourth-order valence-electron chi connectivity index (χ4n) is 1.64. The fraction of sp³-hybridized carbons (Fsp3) is 0. The summed E-state index contributed by atoms with van der Waals surface area (Å²) in [5.41, 5.74) is 4.82. The summed E-state index contributed by atoms with van der Waals surface area (Å²) in [7, 11) is 0. The first-order valence-corrected chi connectivity index (χ1v) is 5.78. The third-order valence-electron chi connectivity index (χ3n) is 2.72. The van der Waals surface area contributed by atoms with Crippen LogP contribution in [0.25, 0.3) is 0 Å². The lowest BCUT2D eigenvalue weighted by Crippen LogP contribution is -2.16. The number of hydrogen-bond donors (Lipinski definition) is 3. The molecule has 4 N–H and O–H groups in total. The average Bonchev–Trinajstić information content (AvgIpc) is 2.48. The van der Waals surface area contributed by atoms with Crippen LogP contribution in [-0.4, -0.2) is 16.9 Å². The zero-order chi connectivity index (χ0) is 15.6. The number of carbonyl (C=O) groups is 2. The second kappa shape index (κ2) is 5.58. The van der Waals surface area contributed by atoms with Crippen molar-refractivity contribution < 1.29 is 23.5 Å². The highest BCUT2D eigenvalue weighted by Gasteiger charge is 2.16.